The van der Waals surface area contributed by atoms with E-state index in [1.807, 2.05) is 72.8 Å². The van der Waals surface area contributed by atoms with Crippen molar-refractivity contribution < 1.29 is 0 Å². The van der Waals surface area contributed by atoms with Crippen molar-refractivity contribution in [3.05, 3.63) is 130 Å². The second-order valence-electron chi connectivity index (χ2n) is 6.90. The fourth-order valence-electron chi connectivity index (χ4n) is 3.60. The van der Waals surface area contributed by atoms with Crippen molar-refractivity contribution in [3.63, 3.8) is 0 Å². The molecular formula is C25H20ClN4P. The van der Waals surface area contributed by atoms with Gasteiger partial charge < -0.3 is 0 Å². The molecule has 0 N–H and O–H groups in total. The highest BCUT2D eigenvalue weighted by Gasteiger charge is 2.27. The molecule has 0 spiro atoms. The number of azide groups is 1. The van der Waals surface area contributed by atoms with Crippen molar-refractivity contribution in [2.45, 2.75) is 6.54 Å². The third kappa shape index (κ3) is 4.42. The second-order valence-corrected chi connectivity index (χ2v) is 10.4. The molecule has 0 aliphatic heterocycles. The molecular weight excluding hydrogens is 423 g/mol. The number of hydrogen-bond donors (Lipinski definition) is 0. The normalized spacial score (nSPS) is 10.9. The van der Waals surface area contributed by atoms with Gasteiger partial charge in [-0.05, 0) is 29.3 Å². The van der Waals surface area contributed by atoms with Gasteiger partial charge in [-0.25, -0.2) is 0 Å². The summed E-state index contributed by atoms with van der Waals surface area (Å²) in [6.07, 6.45) is 0. The molecule has 31 heavy (non-hydrogen) atoms. The van der Waals surface area contributed by atoms with Crippen LogP contribution >= 0.6 is 18.7 Å². The number of rotatable bonds is 6. The lowest BCUT2D eigenvalue weighted by molar-refractivity contribution is 1.05. The summed E-state index contributed by atoms with van der Waals surface area (Å²) in [6.45, 7) is 0.189. The fourth-order valence-corrected chi connectivity index (χ4v) is 7.36. The number of nitrogens with zero attached hydrogens (tertiary/aromatic N) is 4. The first-order valence-electron chi connectivity index (χ1n) is 9.82. The van der Waals surface area contributed by atoms with Gasteiger partial charge in [0.15, 0.2) is 0 Å². The molecule has 0 atom stereocenters. The molecule has 0 radical (unpaired) electrons. The second kappa shape index (κ2) is 9.68. The number of benzene rings is 4. The molecule has 0 saturated heterocycles. The summed E-state index contributed by atoms with van der Waals surface area (Å²) in [7, 11) is -2.40. The lowest BCUT2D eigenvalue weighted by Gasteiger charge is -2.27. The maximum absolute atomic E-state index is 8.86. The average molecular weight is 443 g/mol. The summed E-state index contributed by atoms with van der Waals surface area (Å²) >= 11 is 6.25. The summed E-state index contributed by atoms with van der Waals surface area (Å²) in [5, 5.41) is 7.80. The van der Waals surface area contributed by atoms with Gasteiger partial charge in [0, 0.05) is 25.8 Å². The molecule has 4 aromatic carbocycles. The minimum absolute atomic E-state index is 0.189. The molecule has 0 aliphatic rings. The van der Waals surface area contributed by atoms with Crippen LogP contribution in [0, 0.1) is 0 Å². The Morgan fingerprint density at radius 2 is 1.19 bits per heavy atom. The van der Waals surface area contributed by atoms with Gasteiger partial charge >= 0.3 is 0 Å². The minimum Gasteiger partial charge on any atom is -0.254 e. The van der Waals surface area contributed by atoms with Crippen LogP contribution in [0.2, 0.25) is 5.02 Å². The van der Waals surface area contributed by atoms with Gasteiger partial charge in [0.2, 0.25) is 0 Å². The van der Waals surface area contributed by atoms with E-state index in [1.165, 1.54) is 0 Å². The van der Waals surface area contributed by atoms with E-state index in [0.29, 0.717) is 5.02 Å². The molecule has 4 nitrogen and oxygen atoms in total. The Hall–Kier alpha value is -3.29. The Balaban J connectivity index is 2.13. The Morgan fingerprint density at radius 3 is 1.65 bits per heavy atom. The summed E-state index contributed by atoms with van der Waals surface area (Å²) < 4.78 is 5.46. The highest BCUT2D eigenvalue weighted by atomic mass is 35.5. The summed E-state index contributed by atoms with van der Waals surface area (Å²) in [6, 6.07) is 36.8. The van der Waals surface area contributed by atoms with Crippen LogP contribution in [-0.4, -0.2) is 0 Å². The molecule has 0 aliphatic carbocycles. The Labute approximate surface area is 186 Å². The van der Waals surface area contributed by atoms with Crippen LogP contribution in [0.15, 0.2) is 119 Å². The topological polar surface area (TPSA) is 61.1 Å². The van der Waals surface area contributed by atoms with Crippen LogP contribution in [0.25, 0.3) is 10.4 Å². The van der Waals surface area contributed by atoms with Crippen LogP contribution in [0.3, 0.4) is 0 Å². The molecule has 152 valence electrons. The van der Waals surface area contributed by atoms with E-state index in [2.05, 4.69) is 46.4 Å². The van der Waals surface area contributed by atoms with Gasteiger partial charge in [-0.2, -0.15) is 0 Å². The molecule has 6 heteroatoms. The van der Waals surface area contributed by atoms with E-state index in [-0.39, 0.29) is 6.54 Å². The monoisotopic (exact) mass is 442 g/mol. The Kier molecular flexibility index (Phi) is 6.54. The lowest BCUT2D eigenvalue weighted by Crippen LogP contribution is -2.25. The van der Waals surface area contributed by atoms with Crippen molar-refractivity contribution in [1.29, 1.82) is 0 Å². The molecule has 0 saturated carbocycles. The van der Waals surface area contributed by atoms with Gasteiger partial charge in [-0.15, -0.1) is 0 Å². The summed E-state index contributed by atoms with van der Waals surface area (Å²) in [4.78, 5) is 2.92. The van der Waals surface area contributed by atoms with E-state index >= 15 is 0 Å². The standard InChI is InChI=1S/C25H20ClN4P/c26-21-16-17-25(20(18-21)19-28-30-27)29-31(22-10-4-1-5-11-22,23-12-6-2-7-13-23)24-14-8-3-9-15-24/h1-18H,19H2. The van der Waals surface area contributed by atoms with Crippen LogP contribution in [0.4, 0.5) is 5.69 Å². The molecule has 4 aromatic rings. The van der Waals surface area contributed by atoms with Crippen molar-refractivity contribution in [2.24, 2.45) is 9.86 Å². The lowest BCUT2D eigenvalue weighted by atomic mass is 10.2. The highest BCUT2D eigenvalue weighted by Crippen LogP contribution is 2.49. The van der Waals surface area contributed by atoms with Crippen LogP contribution in [0.1, 0.15) is 5.56 Å². The molecule has 4 rings (SSSR count). The quantitative estimate of drug-likeness (QED) is 0.134. The molecule has 0 unspecified atom stereocenters. The van der Waals surface area contributed by atoms with E-state index in [4.69, 9.17) is 21.9 Å². The average Bonchev–Trinajstić information content (AvgIpc) is 2.84. The SMILES string of the molecule is [N-]=[N+]=NCc1cc(Cl)ccc1N=P(c1ccccc1)(c1ccccc1)c1ccccc1. The minimum atomic E-state index is -2.40. The first-order chi connectivity index (χ1) is 15.2. The number of halogens is 1. The van der Waals surface area contributed by atoms with Crippen molar-refractivity contribution in [3.8, 4) is 0 Å². The first-order valence-corrected chi connectivity index (χ1v) is 11.9. The van der Waals surface area contributed by atoms with Crippen molar-refractivity contribution in [1.82, 2.24) is 0 Å². The molecule has 0 amide bonds. The molecule has 0 aromatic heterocycles. The molecule has 0 bridgehead atoms. The van der Waals surface area contributed by atoms with E-state index < -0.39 is 7.05 Å². The predicted molar refractivity (Wildman–Crippen MR) is 132 cm³/mol. The summed E-state index contributed by atoms with van der Waals surface area (Å²) in [5.41, 5.74) is 10.4. The van der Waals surface area contributed by atoms with E-state index in [1.54, 1.807) is 0 Å². The maximum Gasteiger partial charge on any atom is 0.0659 e. The largest absolute Gasteiger partial charge is 0.254 e. The first kappa shape index (κ1) is 21.0. The van der Waals surface area contributed by atoms with Crippen molar-refractivity contribution in [2.75, 3.05) is 0 Å². The third-order valence-electron chi connectivity index (χ3n) is 4.99. The fraction of sp³-hybridized carbons (Fsp3) is 0.0400. The Bertz CT molecular complexity index is 1170. The number of hydrogen-bond acceptors (Lipinski definition) is 2. The zero-order chi connectivity index (χ0) is 21.5. The highest BCUT2D eigenvalue weighted by molar-refractivity contribution is 7.87. The molecule has 0 fully saturated rings. The van der Waals surface area contributed by atoms with Gasteiger partial charge in [-0.3, -0.25) is 4.74 Å². The van der Waals surface area contributed by atoms with Crippen LogP contribution in [-0.2, 0) is 6.54 Å². The van der Waals surface area contributed by atoms with Gasteiger partial charge in [-0.1, -0.05) is 108 Å². The van der Waals surface area contributed by atoms with Gasteiger partial charge in [0.25, 0.3) is 0 Å². The maximum atomic E-state index is 8.86. The van der Waals surface area contributed by atoms with Gasteiger partial charge in [0.05, 0.1) is 19.3 Å². The third-order valence-corrected chi connectivity index (χ3v) is 8.88. The molecule has 0 heterocycles. The van der Waals surface area contributed by atoms with Crippen LogP contribution in [0.5, 0.6) is 0 Å². The zero-order valence-electron chi connectivity index (χ0n) is 16.7. The van der Waals surface area contributed by atoms with Crippen LogP contribution < -0.4 is 15.9 Å². The van der Waals surface area contributed by atoms with E-state index in [9.17, 15) is 0 Å². The van der Waals surface area contributed by atoms with Crippen molar-refractivity contribution >= 4 is 40.3 Å². The predicted octanol–water partition coefficient (Wildman–Crippen LogP) is 6.96. The summed E-state index contributed by atoms with van der Waals surface area (Å²) in [5.74, 6) is 0. The van der Waals surface area contributed by atoms with Gasteiger partial charge in [0.1, 0.15) is 0 Å². The van der Waals surface area contributed by atoms with E-state index in [0.717, 1.165) is 27.2 Å². The Morgan fingerprint density at radius 1 is 0.710 bits per heavy atom. The zero-order valence-corrected chi connectivity index (χ0v) is 18.4. The smallest absolute Gasteiger partial charge is 0.0659 e.